The summed E-state index contributed by atoms with van der Waals surface area (Å²) in [5.41, 5.74) is 0.833. The second kappa shape index (κ2) is 10.9. The van der Waals surface area contributed by atoms with Crippen LogP contribution >= 0.6 is 11.6 Å². The Kier molecular flexibility index (Phi) is 7.96. The molecule has 1 N–H and O–H groups in total. The first-order valence-electron chi connectivity index (χ1n) is 12.5. The van der Waals surface area contributed by atoms with Crippen LogP contribution in [0.1, 0.15) is 79.4 Å². The number of nitrogens with one attached hydrogen (secondary N) is 1. The van der Waals surface area contributed by atoms with Crippen LogP contribution in [0.3, 0.4) is 0 Å². The first-order chi connectivity index (χ1) is 18.3. The van der Waals surface area contributed by atoms with E-state index in [1.54, 1.807) is 32.9 Å². The minimum atomic E-state index is -4.25. The minimum Gasteiger partial charge on any atom is -0.465 e. The molecule has 39 heavy (non-hydrogen) atoms. The smallest absolute Gasteiger partial charge is 0.414 e. The number of sulfonamides is 1. The van der Waals surface area contributed by atoms with Gasteiger partial charge in [0.15, 0.2) is 0 Å². The van der Waals surface area contributed by atoms with Crippen molar-refractivity contribution in [3.8, 4) is 6.07 Å². The SMILES string of the molecule is COC(=O)c1ccc(C2CC2)c(S(=O)(=O)Nc2cc(C#N)c(Cl)cc2C2=CCCCN2C(=O)OC(C)(C)C)c1. The van der Waals surface area contributed by atoms with Gasteiger partial charge in [-0.1, -0.05) is 23.7 Å². The summed E-state index contributed by atoms with van der Waals surface area (Å²) >= 11 is 6.38. The lowest BCUT2D eigenvalue weighted by molar-refractivity contribution is 0.0346. The third kappa shape index (κ3) is 6.37. The number of nitrogens with zero attached hydrogens (tertiary/aromatic N) is 2. The van der Waals surface area contributed by atoms with Crippen LogP contribution in [0, 0.1) is 11.3 Å². The van der Waals surface area contributed by atoms with Crippen molar-refractivity contribution in [3.63, 3.8) is 0 Å². The number of hydrogen-bond donors (Lipinski definition) is 1. The van der Waals surface area contributed by atoms with E-state index in [-0.39, 0.29) is 32.7 Å². The summed E-state index contributed by atoms with van der Waals surface area (Å²) in [5.74, 6) is -0.598. The highest BCUT2D eigenvalue weighted by molar-refractivity contribution is 7.92. The molecule has 0 spiro atoms. The zero-order valence-corrected chi connectivity index (χ0v) is 23.8. The van der Waals surface area contributed by atoms with Gasteiger partial charge in [0.1, 0.15) is 11.7 Å². The van der Waals surface area contributed by atoms with E-state index in [0.29, 0.717) is 36.2 Å². The fraction of sp³-hybridized carbons (Fsp3) is 0.393. The summed E-state index contributed by atoms with van der Waals surface area (Å²) in [6, 6.07) is 9.28. The number of benzene rings is 2. The zero-order chi connectivity index (χ0) is 28.5. The average Bonchev–Trinajstić information content (AvgIpc) is 3.73. The van der Waals surface area contributed by atoms with Gasteiger partial charge in [0.05, 0.1) is 39.5 Å². The van der Waals surface area contributed by atoms with Crippen LogP contribution in [0.25, 0.3) is 5.70 Å². The molecule has 0 bridgehead atoms. The number of anilines is 1. The molecule has 1 fully saturated rings. The lowest BCUT2D eigenvalue weighted by Crippen LogP contribution is -2.37. The molecule has 206 valence electrons. The number of methoxy groups -OCH3 is 1. The maximum Gasteiger partial charge on any atom is 0.414 e. The molecule has 2 aliphatic rings. The van der Waals surface area contributed by atoms with Gasteiger partial charge in [-0.3, -0.25) is 9.62 Å². The van der Waals surface area contributed by atoms with E-state index in [4.69, 9.17) is 21.1 Å². The maximum atomic E-state index is 13.8. The molecular weight excluding hydrogens is 542 g/mol. The monoisotopic (exact) mass is 571 g/mol. The average molecular weight is 572 g/mol. The molecular formula is C28H30ClN3O6S. The molecule has 1 aliphatic carbocycles. The molecule has 1 heterocycles. The van der Waals surface area contributed by atoms with E-state index in [1.807, 2.05) is 12.1 Å². The number of allylic oxidation sites excluding steroid dienone is 1. The van der Waals surface area contributed by atoms with Gasteiger partial charge in [0.2, 0.25) is 0 Å². The zero-order valence-electron chi connectivity index (χ0n) is 22.2. The highest BCUT2D eigenvalue weighted by Crippen LogP contribution is 2.44. The lowest BCUT2D eigenvalue weighted by atomic mass is 10.0. The normalized spacial score (nSPS) is 15.7. The number of rotatable bonds is 6. The van der Waals surface area contributed by atoms with Crippen molar-refractivity contribution in [1.82, 2.24) is 4.90 Å². The summed E-state index contributed by atoms with van der Waals surface area (Å²) in [6.45, 7) is 5.64. The molecule has 0 aromatic heterocycles. The van der Waals surface area contributed by atoms with E-state index in [1.165, 1.54) is 30.2 Å². The second-order valence-corrected chi connectivity index (χ2v) is 12.5. The van der Waals surface area contributed by atoms with Crippen LogP contribution in [-0.2, 0) is 19.5 Å². The number of carbonyl (C=O) groups is 2. The number of amides is 1. The third-order valence-electron chi connectivity index (χ3n) is 6.32. The first kappa shape index (κ1) is 28.5. The van der Waals surface area contributed by atoms with Gasteiger partial charge in [0, 0.05) is 12.1 Å². The molecule has 4 rings (SSSR count). The largest absolute Gasteiger partial charge is 0.465 e. The number of hydrogen-bond acceptors (Lipinski definition) is 7. The topological polar surface area (TPSA) is 126 Å². The molecule has 9 nitrogen and oxygen atoms in total. The second-order valence-electron chi connectivity index (χ2n) is 10.5. The number of ether oxygens (including phenoxy) is 2. The van der Waals surface area contributed by atoms with E-state index in [9.17, 15) is 23.3 Å². The van der Waals surface area contributed by atoms with Crippen LogP contribution in [0.5, 0.6) is 0 Å². The number of esters is 1. The van der Waals surface area contributed by atoms with E-state index in [2.05, 4.69) is 4.72 Å². The summed E-state index contributed by atoms with van der Waals surface area (Å²) < 4.78 is 40.7. The Balaban J connectivity index is 1.82. The van der Waals surface area contributed by atoms with Crippen molar-refractivity contribution < 1.29 is 27.5 Å². The van der Waals surface area contributed by atoms with Crippen LogP contribution in [0.15, 0.2) is 41.3 Å². The molecule has 11 heteroatoms. The predicted molar refractivity (Wildman–Crippen MR) is 147 cm³/mol. The molecule has 0 atom stereocenters. The van der Waals surface area contributed by atoms with Crippen LogP contribution < -0.4 is 4.72 Å². The van der Waals surface area contributed by atoms with Crippen LogP contribution in [0.2, 0.25) is 5.02 Å². The Morgan fingerprint density at radius 3 is 2.51 bits per heavy atom. The molecule has 1 saturated carbocycles. The van der Waals surface area contributed by atoms with Gasteiger partial charge < -0.3 is 9.47 Å². The van der Waals surface area contributed by atoms with Crippen LogP contribution in [-0.4, -0.2) is 44.6 Å². The van der Waals surface area contributed by atoms with Crippen molar-refractivity contribution in [2.24, 2.45) is 0 Å². The number of carbonyl (C=O) groups excluding carboxylic acids is 2. The molecule has 0 radical (unpaired) electrons. The van der Waals surface area contributed by atoms with Gasteiger partial charge in [-0.05, 0) is 82.2 Å². The highest BCUT2D eigenvalue weighted by Gasteiger charge is 2.33. The molecule has 2 aromatic carbocycles. The molecule has 1 amide bonds. The van der Waals surface area contributed by atoms with Crippen molar-refractivity contribution >= 4 is 45.1 Å². The maximum absolute atomic E-state index is 13.8. The first-order valence-corrected chi connectivity index (χ1v) is 14.4. The highest BCUT2D eigenvalue weighted by atomic mass is 35.5. The fourth-order valence-electron chi connectivity index (χ4n) is 4.38. The molecule has 1 aliphatic heterocycles. The van der Waals surface area contributed by atoms with Crippen molar-refractivity contribution in [1.29, 1.82) is 5.26 Å². The van der Waals surface area contributed by atoms with Crippen molar-refractivity contribution in [3.05, 3.63) is 63.7 Å². The predicted octanol–water partition coefficient (Wildman–Crippen LogP) is 6.05. The van der Waals surface area contributed by atoms with E-state index >= 15 is 0 Å². The van der Waals surface area contributed by atoms with Crippen LogP contribution in [0.4, 0.5) is 10.5 Å². The molecule has 0 unspecified atom stereocenters. The van der Waals surface area contributed by atoms with Crippen molar-refractivity contribution in [2.45, 2.75) is 62.9 Å². The summed E-state index contributed by atoms with van der Waals surface area (Å²) in [7, 11) is -3.03. The lowest BCUT2D eigenvalue weighted by Gasteiger charge is -2.32. The minimum absolute atomic E-state index is 0.0473. The summed E-state index contributed by atoms with van der Waals surface area (Å²) in [5, 5.41) is 9.72. The Labute approximate surface area is 233 Å². The van der Waals surface area contributed by atoms with Gasteiger partial charge in [-0.15, -0.1) is 0 Å². The van der Waals surface area contributed by atoms with Crippen molar-refractivity contribution in [2.75, 3.05) is 18.4 Å². The van der Waals surface area contributed by atoms with Gasteiger partial charge in [0.25, 0.3) is 10.0 Å². The van der Waals surface area contributed by atoms with Gasteiger partial charge in [-0.25, -0.2) is 18.0 Å². The Morgan fingerprint density at radius 1 is 1.18 bits per heavy atom. The Hall–Kier alpha value is -3.55. The fourth-order valence-corrected chi connectivity index (χ4v) is 5.98. The quantitative estimate of drug-likeness (QED) is 0.418. The van der Waals surface area contributed by atoms with E-state index in [0.717, 1.165) is 12.8 Å². The van der Waals surface area contributed by atoms with Gasteiger partial charge >= 0.3 is 12.1 Å². The standard InChI is InChI=1S/C28H30ClN3O6S/c1-28(2,3)38-27(34)32-12-6-5-7-24(32)21-15-22(29)19(16-30)13-23(21)31-39(35,36)25-14-18(26(33)37-4)10-11-20(25)17-8-9-17/h7,10-11,13-15,17,31H,5-6,8-9,12H2,1-4H3. The number of halogens is 1. The Morgan fingerprint density at radius 2 is 1.90 bits per heavy atom. The molecule has 0 saturated heterocycles. The molecule has 2 aromatic rings. The summed E-state index contributed by atoms with van der Waals surface area (Å²) in [6.07, 6.45) is 4.25. The summed E-state index contributed by atoms with van der Waals surface area (Å²) in [4.78, 5) is 26.7. The third-order valence-corrected chi connectivity index (χ3v) is 8.05. The van der Waals surface area contributed by atoms with E-state index < -0.39 is 27.7 Å². The Bertz CT molecular complexity index is 1500. The number of nitriles is 1. The van der Waals surface area contributed by atoms with Gasteiger partial charge in [-0.2, -0.15) is 5.26 Å².